The minimum atomic E-state index is -0.151. The molecule has 1 heterocycles. The minimum absolute atomic E-state index is 0.0946. The van der Waals surface area contributed by atoms with E-state index >= 15 is 0 Å². The van der Waals surface area contributed by atoms with Crippen LogP contribution in [0.25, 0.3) is 0 Å². The Kier molecular flexibility index (Phi) is 4.23. The van der Waals surface area contributed by atoms with E-state index in [0.29, 0.717) is 6.54 Å². The SMILES string of the molecule is Cc1ncsc1CN[C@H](C)C(=O)N(C)C. The van der Waals surface area contributed by atoms with Gasteiger partial charge in [-0.15, -0.1) is 11.3 Å². The summed E-state index contributed by atoms with van der Waals surface area (Å²) in [5, 5.41) is 3.19. The van der Waals surface area contributed by atoms with Crippen molar-refractivity contribution < 1.29 is 4.79 Å². The summed E-state index contributed by atoms with van der Waals surface area (Å²) in [6, 6.07) is -0.151. The Bertz CT molecular complexity index is 335. The molecular weight excluding hydrogens is 210 g/mol. The van der Waals surface area contributed by atoms with E-state index in [2.05, 4.69) is 10.3 Å². The van der Waals surface area contributed by atoms with Crippen molar-refractivity contribution in [2.45, 2.75) is 26.4 Å². The lowest BCUT2D eigenvalue weighted by Gasteiger charge is -2.17. The number of hydrogen-bond acceptors (Lipinski definition) is 4. The highest BCUT2D eigenvalue weighted by Crippen LogP contribution is 2.11. The quantitative estimate of drug-likeness (QED) is 0.835. The number of aryl methyl sites for hydroxylation is 1. The van der Waals surface area contributed by atoms with Crippen LogP contribution >= 0.6 is 11.3 Å². The number of rotatable bonds is 4. The zero-order valence-corrected chi connectivity index (χ0v) is 10.4. The standard InChI is InChI=1S/C10H17N3OS/c1-7-9(15-6-12-7)5-11-8(2)10(14)13(3)4/h6,8,11H,5H2,1-4H3/t8-/m1/s1. The number of carbonyl (C=O) groups is 1. The molecule has 5 heteroatoms. The van der Waals surface area contributed by atoms with Crippen molar-refractivity contribution in [1.29, 1.82) is 0 Å². The van der Waals surface area contributed by atoms with Crippen molar-refractivity contribution in [2.75, 3.05) is 14.1 Å². The van der Waals surface area contributed by atoms with Crippen LogP contribution in [-0.2, 0) is 11.3 Å². The van der Waals surface area contributed by atoms with Crippen LogP contribution in [0, 0.1) is 6.92 Å². The molecule has 0 unspecified atom stereocenters. The number of amides is 1. The first-order valence-electron chi connectivity index (χ1n) is 4.86. The van der Waals surface area contributed by atoms with Crippen LogP contribution in [0.4, 0.5) is 0 Å². The Morgan fingerprint density at radius 1 is 1.67 bits per heavy atom. The van der Waals surface area contributed by atoms with Crippen LogP contribution < -0.4 is 5.32 Å². The fourth-order valence-corrected chi connectivity index (χ4v) is 1.94. The average Bonchev–Trinajstić information content (AvgIpc) is 2.59. The van der Waals surface area contributed by atoms with E-state index in [1.54, 1.807) is 30.3 Å². The van der Waals surface area contributed by atoms with Crippen LogP contribution in [0.1, 0.15) is 17.5 Å². The summed E-state index contributed by atoms with van der Waals surface area (Å²) in [4.78, 5) is 18.5. The van der Waals surface area contributed by atoms with Crippen molar-refractivity contribution in [1.82, 2.24) is 15.2 Å². The third-order valence-electron chi connectivity index (χ3n) is 2.22. The van der Waals surface area contributed by atoms with Crippen molar-refractivity contribution in [2.24, 2.45) is 0 Å². The fourth-order valence-electron chi connectivity index (χ4n) is 1.22. The number of likely N-dealkylation sites (N-methyl/N-ethyl adjacent to an activating group) is 1. The lowest BCUT2D eigenvalue weighted by Crippen LogP contribution is -2.41. The molecule has 84 valence electrons. The van der Waals surface area contributed by atoms with Gasteiger partial charge in [0.2, 0.25) is 5.91 Å². The molecule has 0 aliphatic heterocycles. The lowest BCUT2D eigenvalue weighted by atomic mass is 10.3. The zero-order valence-electron chi connectivity index (χ0n) is 9.57. The van der Waals surface area contributed by atoms with Gasteiger partial charge in [0.15, 0.2) is 0 Å². The van der Waals surface area contributed by atoms with Gasteiger partial charge in [0.05, 0.1) is 17.2 Å². The second kappa shape index (κ2) is 5.23. The van der Waals surface area contributed by atoms with Gasteiger partial charge in [-0.3, -0.25) is 4.79 Å². The minimum Gasteiger partial charge on any atom is -0.347 e. The fraction of sp³-hybridized carbons (Fsp3) is 0.600. The average molecular weight is 227 g/mol. The Balaban J connectivity index is 2.44. The van der Waals surface area contributed by atoms with Crippen molar-refractivity contribution in [3.8, 4) is 0 Å². The van der Waals surface area contributed by atoms with Gasteiger partial charge in [0, 0.05) is 25.5 Å². The first kappa shape index (κ1) is 12.1. The van der Waals surface area contributed by atoms with E-state index < -0.39 is 0 Å². The molecule has 0 spiro atoms. The highest BCUT2D eigenvalue weighted by molar-refractivity contribution is 7.09. The number of thiazole rings is 1. The summed E-state index contributed by atoms with van der Waals surface area (Å²) in [6.07, 6.45) is 0. The largest absolute Gasteiger partial charge is 0.347 e. The second-order valence-corrected chi connectivity index (χ2v) is 4.64. The smallest absolute Gasteiger partial charge is 0.238 e. The highest BCUT2D eigenvalue weighted by atomic mass is 32.1. The molecule has 4 nitrogen and oxygen atoms in total. The van der Waals surface area contributed by atoms with Crippen molar-refractivity contribution >= 4 is 17.2 Å². The number of hydrogen-bond donors (Lipinski definition) is 1. The van der Waals surface area contributed by atoms with Gasteiger partial charge >= 0.3 is 0 Å². The van der Waals surface area contributed by atoms with Crippen LogP contribution in [0.15, 0.2) is 5.51 Å². The molecule has 1 atom stereocenters. The molecule has 1 amide bonds. The molecule has 0 radical (unpaired) electrons. The van der Waals surface area contributed by atoms with E-state index in [9.17, 15) is 4.79 Å². The molecule has 1 aromatic rings. The number of nitrogens with zero attached hydrogens (tertiary/aromatic N) is 2. The Morgan fingerprint density at radius 2 is 2.33 bits per heavy atom. The van der Waals surface area contributed by atoms with Gasteiger partial charge in [-0.25, -0.2) is 4.98 Å². The summed E-state index contributed by atoms with van der Waals surface area (Å²) in [7, 11) is 3.52. The van der Waals surface area contributed by atoms with Crippen molar-refractivity contribution in [3.63, 3.8) is 0 Å². The molecule has 0 saturated carbocycles. The van der Waals surface area contributed by atoms with E-state index in [-0.39, 0.29) is 11.9 Å². The van der Waals surface area contributed by atoms with E-state index in [1.807, 2.05) is 19.4 Å². The van der Waals surface area contributed by atoms with Crippen molar-refractivity contribution in [3.05, 3.63) is 16.1 Å². The molecule has 1 aromatic heterocycles. The summed E-state index contributed by atoms with van der Waals surface area (Å²) in [6.45, 7) is 4.56. The van der Waals surface area contributed by atoms with Gasteiger partial charge in [0.25, 0.3) is 0 Å². The Labute approximate surface area is 94.3 Å². The van der Waals surface area contributed by atoms with Crippen LogP contribution in [0.5, 0.6) is 0 Å². The molecule has 0 bridgehead atoms. The van der Waals surface area contributed by atoms with Gasteiger partial charge in [0.1, 0.15) is 0 Å². The Morgan fingerprint density at radius 3 is 2.80 bits per heavy atom. The first-order valence-corrected chi connectivity index (χ1v) is 5.74. The normalized spacial score (nSPS) is 12.5. The molecule has 0 aliphatic carbocycles. The molecule has 1 rings (SSSR count). The maximum Gasteiger partial charge on any atom is 0.238 e. The lowest BCUT2D eigenvalue weighted by molar-refractivity contribution is -0.130. The number of nitrogens with one attached hydrogen (secondary N) is 1. The van der Waals surface area contributed by atoms with Gasteiger partial charge < -0.3 is 10.2 Å². The van der Waals surface area contributed by atoms with Gasteiger partial charge in [-0.2, -0.15) is 0 Å². The van der Waals surface area contributed by atoms with Gasteiger partial charge in [-0.05, 0) is 13.8 Å². The molecule has 0 aliphatic rings. The van der Waals surface area contributed by atoms with Gasteiger partial charge in [-0.1, -0.05) is 0 Å². The van der Waals surface area contributed by atoms with E-state index in [0.717, 1.165) is 5.69 Å². The topological polar surface area (TPSA) is 45.2 Å². The summed E-state index contributed by atoms with van der Waals surface area (Å²) in [5.41, 5.74) is 2.86. The Hall–Kier alpha value is -0.940. The van der Waals surface area contributed by atoms with E-state index in [1.165, 1.54) is 4.88 Å². The van der Waals surface area contributed by atoms with Crippen LogP contribution in [-0.4, -0.2) is 35.9 Å². The number of carbonyl (C=O) groups excluding carboxylic acids is 1. The monoisotopic (exact) mass is 227 g/mol. The first-order chi connectivity index (χ1) is 7.02. The molecule has 0 saturated heterocycles. The summed E-state index contributed by atoms with van der Waals surface area (Å²) < 4.78 is 0. The van der Waals surface area contributed by atoms with Crippen LogP contribution in [0.2, 0.25) is 0 Å². The molecular formula is C10H17N3OS. The maximum atomic E-state index is 11.5. The van der Waals surface area contributed by atoms with E-state index in [4.69, 9.17) is 0 Å². The zero-order chi connectivity index (χ0) is 11.4. The van der Waals surface area contributed by atoms with Crippen LogP contribution in [0.3, 0.4) is 0 Å². The third-order valence-corrected chi connectivity index (χ3v) is 3.16. The summed E-state index contributed by atoms with van der Waals surface area (Å²) in [5.74, 6) is 0.0946. The molecule has 15 heavy (non-hydrogen) atoms. The molecule has 0 aromatic carbocycles. The number of aromatic nitrogens is 1. The maximum absolute atomic E-state index is 11.5. The highest BCUT2D eigenvalue weighted by Gasteiger charge is 2.14. The molecule has 1 N–H and O–H groups in total. The predicted octanol–water partition coefficient (Wildman–Crippen LogP) is 1.02. The third kappa shape index (κ3) is 3.28. The second-order valence-electron chi connectivity index (χ2n) is 3.70. The summed E-state index contributed by atoms with van der Waals surface area (Å²) >= 11 is 1.61. The molecule has 0 fully saturated rings. The predicted molar refractivity (Wildman–Crippen MR) is 61.8 cm³/mol.